The van der Waals surface area contributed by atoms with Crippen LogP contribution in [0.1, 0.15) is 207 Å². The van der Waals surface area contributed by atoms with Crippen molar-refractivity contribution in [3.8, 4) is 17.2 Å². The number of unbranched alkanes of at least 4 members (excludes halogenated alkanes) is 4. The number of benzene rings is 3. The highest BCUT2D eigenvalue weighted by atomic mass is 16.5. The van der Waals surface area contributed by atoms with E-state index in [2.05, 4.69) is 74.4 Å². The molecule has 0 N–H and O–H groups in total. The molecule has 9 rings (SSSR count). The van der Waals surface area contributed by atoms with Crippen LogP contribution in [0.3, 0.4) is 0 Å². The van der Waals surface area contributed by atoms with Crippen LogP contribution >= 0.6 is 0 Å². The van der Waals surface area contributed by atoms with Gasteiger partial charge in [0.15, 0.2) is 17.3 Å². The summed E-state index contributed by atoms with van der Waals surface area (Å²) < 4.78 is 23.0. The Kier molecular flexibility index (Phi) is 27.3. The predicted octanol–water partition coefficient (Wildman–Crippen LogP) is 16.6. The first kappa shape index (κ1) is 66.1. The molecule has 3 aromatic carbocycles. The standard InChI is InChI=1S/C26H40N2O2.2C23H34N2O2/c1-4-6-9-21-13-17-27(18-14-21)15-8-16-28-20-24(26(29)10-7-5-2)23-19-22(30-3)11-12-25(23)28;1-4-5-8-19-11-15-24(16-12-19)13-7-14-25-17-21(18(2)26)20-9-6-10-22(27-3)23(20)25;1-4-5-7-19-10-14-24(15-11-19)12-6-13-25-17-22(18(2)26)21-16-20(27-3)8-9-23(21)25/h11-12,19-21H,4-10,13-18H2,1-3H3;6,9-10,17,19H,4-5,7-8,11-16H2,1-3H3;8-9,16-17,19H,4-7,10-15H2,1-3H3. The van der Waals surface area contributed by atoms with Gasteiger partial charge in [-0.1, -0.05) is 104 Å². The maximum absolute atomic E-state index is 12.8. The molecule has 12 heteroatoms. The zero-order chi connectivity index (χ0) is 59.8. The molecule has 0 aliphatic carbocycles. The molecule has 3 fully saturated rings. The van der Waals surface area contributed by atoms with Gasteiger partial charge in [-0.2, -0.15) is 0 Å². The van der Waals surface area contributed by atoms with Crippen LogP contribution in [0.4, 0.5) is 0 Å². The number of ketones is 3. The minimum absolute atomic E-state index is 0.112. The Hall–Kier alpha value is -5.43. The summed E-state index contributed by atoms with van der Waals surface area (Å²) in [4.78, 5) is 44.7. The van der Waals surface area contributed by atoms with E-state index in [0.717, 1.165) is 156 Å². The number of hydrogen-bond acceptors (Lipinski definition) is 9. The first-order valence-corrected chi connectivity index (χ1v) is 33.1. The molecule has 0 spiro atoms. The first-order chi connectivity index (χ1) is 40.9. The molecule has 0 saturated carbocycles. The van der Waals surface area contributed by atoms with Crippen molar-refractivity contribution < 1.29 is 28.6 Å². The third-order valence-corrected chi connectivity index (χ3v) is 18.7. The predicted molar refractivity (Wildman–Crippen MR) is 349 cm³/mol. The Morgan fingerprint density at radius 2 is 0.833 bits per heavy atom. The number of likely N-dealkylation sites (tertiary alicyclic amines) is 3. The van der Waals surface area contributed by atoms with E-state index in [1.165, 1.54) is 136 Å². The van der Waals surface area contributed by atoms with Gasteiger partial charge in [-0.25, -0.2) is 0 Å². The molecule has 0 radical (unpaired) electrons. The number of methoxy groups -OCH3 is 3. The van der Waals surface area contributed by atoms with Gasteiger partial charge in [0.1, 0.15) is 17.2 Å². The average molecular weight is 1150 g/mol. The molecule has 3 aliphatic heterocycles. The number of nitrogens with zero attached hydrogens (tertiary/aromatic N) is 6. The zero-order valence-corrected chi connectivity index (χ0v) is 53.6. The summed E-state index contributed by atoms with van der Waals surface area (Å²) in [7, 11) is 5.04. The summed E-state index contributed by atoms with van der Waals surface area (Å²) in [6, 6.07) is 18.1. The molecular weight excluding hydrogens is 1040 g/mol. The fraction of sp³-hybridized carbons (Fsp3) is 0.625. The van der Waals surface area contributed by atoms with Gasteiger partial charge in [0, 0.05) is 88.5 Å². The highest BCUT2D eigenvalue weighted by molar-refractivity contribution is 6.09. The fourth-order valence-electron chi connectivity index (χ4n) is 13.5. The van der Waals surface area contributed by atoms with E-state index >= 15 is 0 Å². The highest BCUT2D eigenvalue weighted by Gasteiger charge is 2.23. The lowest BCUT2D eigenvalue weighted by atomic mass is 9.91. The van der Waals surface area contributed by atoms with Crippen molar-refractivity contribution in [2.24, 2.45) is 17.8 Å². The third-order valence-electron chi connectivity index (χ3n) is 18.7. The third kappa shape index (κ3) is 18.8. The molecule has 12 nitrogen and oxygen atoms in total. The second-order valence-electron chi connectivity index (χ2n) is 24.8. The Balaban J connectivity index is 0.000000181. The molecule has 3 saturated heterocycles. The summed E-state index contributed by atoms with van der Waals surface area (Å²) >= 11 is 0. The van der Waals surface area contributed by atoms with E-state index in [1.807, 2.05) is 54.9 Å². The van der Waals surface area contributed by atoms with Gasteiger partial charge in [-0.15, -0.1) is 0 Å². The summed E-state index contributed by atoms with van der Waals surface area (Å²) in [6.45, 7) is 26.0. The number of para-hydroxylation sites is 1. The van der Waals surface area contributed by atoms with Crippen molar-refractivity contribution in [2.45, 2.75) is 196 Å². The minimum Gasteiger partial charge on any atom is -0.497 e. The number of Topliss-reactive ketones (excluding diaryl/α,β-unsaturated/α-hetero) is 3. The zero-order valence-electron chi connectivity index (χ0n) is 53.6. The van der Waals surface area contributed by atoms with Gasteiger partial charge in [0.2, 0.25) is 0 Å². The van der Waals surface area contributed by atoms with Crippen molar-refractivity contribution in [3.63, 3.8) is 0 Å². The smallest absolute Gasteiger partial charge is 0.165 e. The molecule has 3 aromatic heterocycles. The number of rotatable bonds is 30. The number of carbonyl (C=O) groups excluding carboxylic acids is 3. The summed E-state index contributed by atoms with van der Waals surface area (Å²) in [5.41, 5.74) is 5.76. The van der Waals surface area contributed by atoms with E-state index in [1.54, 1.807) is 35.2 Å². The summed E-state index contributed by atoms with van der Waals surface area (Å²) in [5.74, 6) is 5.77. The number of carbonyl (C=O) groups is 3. The number of hydrogen-bond donors (Lipinski definition) is 0. The average Bonchev–Trinajstić information content (AvgIpc) is 4.37. The van der Waals surface area contributed by atoms with Crippen molar-refractivity contribution in [1.82, 2.24) is 28.4 Å². The second kappa shape index (κ2) is 34.6. The van der Waals surface area contributed by atoms with Crippen LogP contribution in [0.15, 0.2) is 73.2 Å². The van der Waals surface area contributed by atoms with Gasteiger partial charge in [-0.3, -0.25) is 14.4 Å². The maximum Gasteiger partial charge on any atom is 0.165 e. The Bertz CT molecular complexity index is 2930. The van der Waals surface area contributed by atoms with Crippen LogP contribution in [0, 0.1) is 17.8 Å². The van der Waals surface area contributed by atoms with Crippen LogP contribution in [-0.4, -0.2) is 126 Å². The van der Waals surface area contributed by atoms with Crippen molar-refractivity contribution >= 4 is 50.1 Å². The summed E-state index contributed by atoms with van der Waals surface area (Å²) in [5, 5.41) is 3.03. The lowest BCUT2D eigenvalue weighted by Crippen LogP contribution is -2.34. The topological polar surface area (TPSA) is 103 Å². The molecule has 6 aromatic rings. The molecular formula is C72H108N6O6. The SMILES string of the molecule is CCCCC(=O)c1cn(CCCN2CCC(CCCC)CC2)c2ccc(OC)cc12.CCCCC1CCN(CCCn2cc(C(C)=O)c3cc(OC)ccc32)CC1.CCCCC1CCN(CCCn2cc(C(C)=O)c3cccc(OC)c32)CC1. The lowest BCUT2D eigenvalue weighted by molar-refractivity contribution is 0.0978. The van der Waals surface area contributed by atoms with Crippen molar-refractivity contribution in [3.05, 3.63) is 89.9 Å². The molecule has 0 atom stereocenters. The first-order valence-electron chi connectivity index (χ1n) is 33.1. The number of ether oxygens (including phenoxy) is 3. The van der Waals surface area contributed by atoms with Crippen molar-refractivity contribution in [2.75, 3.05) is 80.2 Å². The lowest BCUT2D eigenvalue weighted by Gasteiger charge is -2.32. The quantitative estimate of drug-likeness (QED) is 0.0408. The Labute approximate surface area is 505 Å². The van der Waals surface area contributed by atoms with E-state index < -0.39 is 0 Å². The molecule has 0 unspecified atom stereocenters. The maximum atomic E-state index is 12.8. The number of aryl methyl sites for hydroxylation is 3. The molecule has 462 valence electrons. The van der Waals surface area contributed by atoms with E-state index in [9.17, 15) is 14.4 Å². The Morgan fingerprint density at radius 3 is 1.24 bits per heavy atom. The minimum atomic E-state index is 0.112. The number of piperidine rings is 3. The monoisotopic (exact) mass is 1150 g/mol. The number of aromatic nitrogens is 3. The van der Waals surface area contributed by atoms with Crippen LogP contribution in [0.25, 0.3) is 32.7 Å². The van der Waals surface area contributed by atoms with Crippen LogP contribution in [0.2, 0.25) is 0 Å². The van der Waals surface area contributed by atoms with E-state index in [0.29, 0.717) is 6.42 Å². The van der Waals surface area contributed by atoms with E-state index in [4.69, 9.17) is 14.2 Å². The van der Waals surface area contributed by atoms with Crippen LogP contribution in [0.5, 0.6) is 17.2 Å². The molecule has 6 heterocycles. The molecule has 84 heavy (non-hydrogen) atoms. The second-order valence-corrected chi connectivity index (χ2v) is 24.8. The van der Waals surface area contributed by atoms with Crippen molar-refractivity contribution in [1.29, 1.82) is 0 Å². The molecule has 0 amide bonds. The van der Waals surface area contributed by atoms with Gasteiger partial charge in [0.05, 0.1) is 26.8 Å². The van der Waals surface area contributed by atoms with Crippen LogP contribution < -0.4 is 14.2 Å². The highest BCUT2D eigenvalue weighted by Crippen LogP contribution is 2.33. The fourth-order valence-corrected chi connectivity index (χ4v) is 13.5. The van der Waals surface area contributed by atoms with Gasteiger partial charge in [-0.05, 0) is 197 Å². The van der Waals surface area contributed by atoms with Gasteiger partial charge in [0.25, 0.3) is 0 Å². The number of fused-ring (bicyclic) bond motifs is 3. The summed E-state index contributed by atoms with van der Waals surface area (Å²) in [6.07, 6.45) is 32.6. The molecule has 3 aliphatic rings. The van der Waals surface area contributed by atoms with E-state index in [-0.39, 0.29) is 17.3 Å². The Morgan fingerprint density at radius 1 is 0.440 bits per heavy atom. The van der Waals surface area contributed by atoms with Gasteiger partial charge >= 0.3 is 0 Å². The normalized spacial score (nSPS) is 16.0. The van der Waals surface area contributed by atoms with Gasteiger partial charge < -0.3 is 42.6 Å². The molecule has 0 bridgehead atoms. The van der Waals surface area contributed by atoms with Crippen LogP contribution in [-0.2, 0) is 19.6 Å². The largest absolute Gasteiger partial charge is 0.497 e.